The van der Waals surface area contributed by atoms with E-state index >= 15 is 0 Å². The van der Waals surface area contributed by atoms with Crippen molar-refractivity contribution in [2.45, 2.75) is 329 Å². The van der Waals surface area contributed by atoms with Gasteiger partial charge in [-0.3, -0.25) is 37.3 Å². The van der Waals surface area contributed by atoms with Gasteiger partial charge in [-0.05, 0) is 161 Å². The van der Waals surface area contributed by atoms with Crippen molar-refractivity contribution in [2.24, 2.45) is 0 Å². The average molecular weight is 1520 g/mol. The molecule has 3 N–H and O–H groups in total. The highest BCUT2D eigenvalue weighted by Gasteiger charge is 2.30. The first-order valence-electron chi connectivity index (χ1n) is 40.7. The number of aliphatic hydroxyl groups is 1. The SMILES string of the molecule is CC/C=C\C/C=C\C/C=C\C/C=C\CCCCCCC(=O)OCC(COP(=O)(O)OCC(O)COP(=O)(O)OCC(COC(=O)CCCCCCCCC/C=C\C/C=C\C/C=C\CC)OC(=O)CCCCCCCCC/C=C\C/C=C\C/C=C\CC)OC(=O)CCCCCCC/C=C\C/C=C\C/C=C\CC. The van der Waals surface area contributed by atoms with Gasteiger partial charge in [-0.2, -0.15) is 0 Å². The molecular weight excluding hydrogens is 1380 g/mol. The highest BCUT2D eigenvalue weighted by atomic mass is 31.2. The molecule has 0 rings (SSSR count). The van der Waals surface area contributed by atoms with Crippen molar-refractivity contribution in [3.05, 3.63) is 158 Å². The Morgan fingerprint density at radius 1 is 0.264 bits per heavy atom. The maximum absolute atomic E-state index is 13.1. The van der Waals surface area contributed by atoms with Gasteiger partial charge in [0.1, 0.15) is 19.3 Å². The molecule has 0 saturated carbocycles. The average Bonchev–Trinajstić information content (AvgIpc) is 0.901. The van der Waals surface area contributed by atoms with Crippen LogP contribution in [0.1, 0.15) is 310 Å². The zero-order valence-corrected chi connectivity index (χ0v) is 67.8. The number of carbonyl (C=O) groups is 4. The fourth-order valence-electron chi connectivity index (χ4n) is 10.4. The molecule has 0 spiro atoms. The van der Waals surface area contributed by atoms with E-state index in [-0.39, 0.29) is 25.7 Å². The van der Waals surface area contributed by atoms with E-state index in [4.69, 9.17) is 37.0 Å². The van der Waals surface area contributed by atoms with Crippen LogP contribution in [0.5, 0.6) is 0 Å². The van der Waals surface area contributed by atoms with Crippen LogP contribution < -0.4 is 0 Å². The van der Waals surface area contributed by atoms with E-state index in [9.17, 15) is 43.2 Å². The molecule has 0 saturated heterocycles. The Bertz CT molecular complexity index is 2630. The van der Waals surface area contributed by atoms with Gasteiger partial charge in [0.05, 0.1) is 26.4 Å². The highest BCUT2D eigenvalue weighted by molar-refractivity contribution is 7.47. The second-order valence-corrected chi connectivity index (χ2v) is 29.4. The molecule has 0 aromatic heterocycles. The van der Waals surface area contributed by atoms with Crippen LogP contribution in [0.3, 0.4) is 0 Å². The molecule has 0 heterocycles. The van der Waals surface area contributed by atoms with Crippen LogP contribution in [0, 0.1) is 0 Å². The summed E-state index contributed by atoms with van der Waals surface area (Å²) in [6, 6.07) is 0. The van der Waals surface area contributed by atoms with Crippen molar-refractivity contribution in [3.8, 4) is 0 Å². The summed E-state index contributed by atoms with van der Waals surface area (Å²) in [5.41, 5.74) is 0. The minimum absolute atomic E-state index is 0.0649. The maximum atomic E-state index is 13.1. The lowest BCUT2D eigenvalue weighted by Crippen LogP contribution is -2.30. The van der Waals surface area contributed by atoms with Gasteiger partial charge in [0, 0.05) is 25.7 Å². The van der Waals surface area contributed by atoms with Gasteiger partial charge >= 0.3 is 39.5 Å². The van der Waals surface area contributed by atoms with Crippen LogP contribution in [-0.4, -0.2) is 96.7 Å². The lowest BCUT2D eigenvalue weighted by molar-refractivity contribution is -0.161. The van der Waals surface area contributed by atoms with Crippen molar-refractivity contribution in [2.75, 3.05) is 39.6 Å². The predicted octanol–water partition coefficient (Wildman–Crippen LogP) is 24.0. The van der Waals surface area contributed by atoms with Gasteiger partial charge in [0.25, 0.3) is 0 Å². The number of esters is 4. The molecule has 0 aliphatic heterocycles. The lowest BCUT2D eigenvalue weighted by Gasteiger charge is -2.21. The van der Waals surface area contributed by atoms with E-state index in [1.165, 1.54) is 0 Å². The van der Waals surface area contributed by atoms with E-state index in [2.05, 4.69) is 186 Å². The van der Waals surface area contributed by atoms with Gasteiger partial charge < -0.3 is 33.8 Å². The molecule has 0 aliphatic carbocycles. The minimum Gasteiger partial charge on any atom is -0.462 e. The van der Waals surface area contributed by atoms with E-state index < -0.39 is 97.5 Å². The quantitative estimate of drug-likeness (QED) is 0.0169. The van der Waals surface area contributed by atoms with E-state index in [1.54, 1.807) is 0 Å². The summed E-state index contributed by atoms with van der Waals surface area (Å²) in [6.07, 6.45) is 90.7. The number of phosphoric acid groups is 2. The Kier molecular flexibility index (Phi) is 73.9. The third-order valence-electron chi connectivity index (χ3n) is 16.5. The molecule has 0 fully saturated rings. The molecule has 0 radical (unpaired) electrons. The van der Waals surface area contributed by atoms with Crippen LogP contribution in [0.2, 0.25) is 0 Å². The Balaban J connectivity index is 5.43. The molecule has 0 bridgehead atoms. The van der Waals surface area contributed by atoms with Crippen molar-refractivity contribution in [1.29, 1.82) is 0 Å². The first-order valence-corrected chi connectivity index (χ1v) is 43.7. The Hall–Kier alpha value is -5.32. The smallest absolute Gasteiger partial charge is 0.462 e. The molecule has 5 atom stereocenters. The number of carbonyl (C=O) groups excluding carboxylic acids is 4. The van der Waals surface area contributed by atoms with Crippen LogP contribution in [-0.2, 0) is 65.4 Å². The Morgan fingerprint density at radius 3 is 0.708 bits per heavy atom. The predicted molar refractivity (Wildman–Crippen MR) is 436 cm³/mol. The summed E-state index contributed by atoms with van der Waals surface area (Å²) in [7, 11) is -9.99. The van der Waals surface area contributed by atoms with E-state index in [0.29, 0.717) is 25.7 Å². The number of rotatable bonds is 75. The first kappa shape index (κ1) is 101. The van der Waals surface area contributed by atoms with Crippen LogP contribution in [0.4, 0.5) is 0 Å². The molecular formula is C87H144O17P2. The van der Waals surface area contributed by atoms with Gasteiger partial charge in [0.2, 0.25) is 0 Å². The number of allylic oxidation sites excluding steroid dienone is 26. The van der Waals surface area contributed by atoms with Crippen molar-refractivity contribution >= 4 is 39.5 Å². The highest BCUT2D eigenvalue weighted by Crippen LogP contribution is 2.45. The normalized spacial score (nSPS) is 14.7. The number of aliphatic hydroxyl groups excluding tert-OH is 1. The largest absolute Gasteiger partial charge is 0.472 e. The van der Waals surface area contributed by atoms with Gasteiger partial charge in [-0.15, -0.1) is 0 Å². The molecule has 17 nitrogen and oxygen atoms in total. The zero-order chi connectivity index (χ0) is 77.4. The summed E-state index contributed by atoms with van der Waals surface area (Å²) < 4.78 is 68.7. The molecule has 0 aromatic rings. The zero-order valence-electron chi connectivity index (χ0n) is 66.1. The van der Waals surface area contributed by atoms with E-state index in [1.807, 2.05) is 0 Å². The fourth-order valence-corrected chi connectivity index (χ4v) is 12.0. The van der Waals surface area contributed by atoms with Crippen molar-refractivity contribution < 1.29 is 80.2 Å². The second-order valence-electron chi connectivity index (χ2n) is 26.5. The third-order valence-corrected chi connectivity index (χ3v) is 18.4. The standard InChI is InChI=1S/C87H144O17P2/c1-5-9-13-17-21-25-29-33-37-40-44-47-51-55-59-63-67-71-84(89)97-77-82(103-86(91)73-69-65-61-57-53-49-43-36-32-28-24-20-16-12-8-4)79-101-105(93,94)99-75-81(88)76-100-106(95,96)102-80-83(104-87(92)74-70-66-62-58-54-50-46-42-39-35-31-27-23-19-15-11-7-3)78-98-85(90)72-68-64-60-56-52-48-45-41-38-34-30-26-22-18-14-10-6-2/h9-16,21-28,33-39,43-44,47,81-83,88H,5-8,17-20,29-32,40-42,45-46,48-80H2,1-4H3,(H,93,94)(H,95,96)/b13-9-,14-10-,15-11-,16-12-,25-21-,26-22-,27-23-,28-24-,37-33-,38-34-,39-35-,43-36-,47-44-. The van der Waals surface area contributed by atoms with Crippen LogP contribution in [0.15, 0.2) is 158 Å². The molecule has 0 amide bonds. The van der Waals surface area contributed by atoms with Crippen LogP contribution >= 0.6 is 15.6 Å². The third kappa shape index (κ3) is 76.9. The summed E-state index contributed by atoms with van der Waals surface area (Å²) in [5, 5.41) is 10.7. The molecule has 106 heavy (non-hydrogen) atoms. The Labute approximate surface area is 642 Å². The molecule has 604 valence electrons. The number of phosphoric ester groups is 2. The number of hydrogen-bond acceptors (Lipinski definition) is 15. The molecule has 19 heteroatoms. The van der Waals surface area contributed by atoms with Gasteiger partial charge in [-0.25, -0.2) is 9.13 Å². The van der Waals surface area contributed by atoms with Crippen molar-refractivity contribution in [3.63, 3.8) is 0 Å². The summed E-state index contributed by atoms with van der Waals surface area (Å²) in [4.78, 5) is 73.2. The van der Waals surface area contributed by atoms with Crippen LogP contribution in [0.25, 0.3) is 0 Å². The molecule has 0 aliphatic rings. The number of ether oxygens (including phenoxy) is 4. The summed E-state index contributed by atoms with van der Waals surface area (Å²) in [5.74, 6) is -2.24. The fraction of sp³-hybridized carbons (Fsp3) is 0.655. The summed E-state index contributed by atoms with van der Waals surface area (Å²) in [6.45, 7) is 4.37. The lowest BCUT2D eigenvalue weighted by atomic mass is 10.1. The number of hydrogen-bond donors (Lipinski definition) is 3. The van der Waals surface area contributed by atoms with Gasteiger partial charge in [0.15, 0.2) is 12.2 Å². The first-order chi connectivity index (χ1) is 51.7. The maximum Gasteiger partial charge on any atom is 0.472 e. The summed E-state index contributed by atoms with van der Waals surface area (Å²) >= 11 is 0. The number of unbranched alkanes of at least 4 members (excludes halogenated alkanes) is 23. The topological polar surface area (TPSA) is 237 Å². The second kappa shape index (κ2) is 77.8. The molecule has 0 aromatic carbocycles. The minimum atomic E-state index is -5.00. The van der Waals surface area contributed by atoms with Gasteiger partial charge in [-0.1, -0.05) is 282 Å². The monoisotopic (exact) mass is 1520 g/mol. The van der Waals surface area contributed by atoms with E-state index in [0.717, 1.165) is 231 Å². The van der Waals surface area contributed by atoms with Crippen molar-refractivity contribution in [1.82, 2.24) is 0 Å². The Morgan fingerprint density at radius 2 is 0.462 bits per heavy atom. The molecule has 5 unspecified atom stereocenters.